The molecule has 1 amide bonds. The minimum atomic E-state index is -0.359. The van der Waals surface area contributed by atoms with Gasteiger partial charge in [0.15, 0.2) is 0 Å². The van der Waals surface area contributed by atoms with Crippen LogP contribution in [0.15, 0.2) is 24.3 Å². The molecule has 3 N–H and O–H groups in total. The van der Waals surface area contributed by atoms with Gasteiger partial charge in [0.25, 0.3) is 0 Å². The molecule has 1 aromatic carbocycles. The summed E-state index contributed by atoms with van der Waals surface area (Å²) in [5, 5.41) is 13.6. The Morgan fingerprint density at radius 1 is 1.36 bits per heavy atom. The third-order valence-corrected chi connectivity index (χ3v) is 3.98. The zero-order valence-electron chi connectivity index (χ0n) is 13.9. The molecule has 2 aromatic rings. The molecule has 22 heavy (non-hydrogen) atoms. The highest BCUT2D eigenvalue weighted by Gasteiger charge is 2.21. The number of para-hydroxylation sites is 1. The summed E-state index contributed by atoms with van der Waals surface area (Å²) >= 11 is 0. The van der Waals surface area contributed by atoms with Crippen molar-refractivity contribution >= 4 is 16.8 Å². The first-order valence-electron chi connectivity index (χ1n) is 7.79. The van der Waals surface area contributed by atoms with Crippen molar-refractivity contribution in [2.45, 2.75) is 46.6 Å². The highest BCUT2D eigenvalue weighted by atomic mass is 16.3. The van der Waals surface area contributed by atoms with E-state index in [2.05, 4.69) is 24.1 Å². The van der Waals surface area contributed by atoms with Gasteiger partial charge in [-0.3, -0.25) is 4.79 Å². The third-order valence-electron chi connectivity index (χ3n) is 3.98. The number of aromatic nitrogens is 1. The second-order valence-electron chi connectivity index (χ2n) is 6.95. The van der Waals surface area contributed by atoms with Crippen LogP contribution in [0.3, 0.4) is 0 Å². The smallest absolute Gasteiger partial charge is 0.224 e. The van der Waals surface area contributed by atoms with Crippen LogP contribution in [0, 0.1) is 12.3 Å². The number of aliphatic hydroxyl groups excluding tert-OH is 1. The zero-order chi connectivity index (χ0) is 16.3. The topological polar surface area (TPSA) is 65.1 Å². The summed E-state index contributed by atoms with van der Waals surface area (Å²) in [6, 6.07) is 8.04. The van der Waals surface area contributed by atoms with Gasteiger partial charge < -0.3 is 15.4 Å². The number of amides is 1. The lowest BCUT2D eigenvalue weighted by Crippen LogP contribution is -2.36. The van der Waals surface area contributed by atoms with Crippen LogP contribution in [-0.4, -0.2) is 28.6 Å². The average Bonchev–Trinajstić information content (AvgIpc) is 2.72. The van der Waals surface area contributed by atoms with Gasteiger partial charge in [-0.2, -0.15) is 0 Å². The number of rotatable bonds is 6. The molecule has 1 aromatic heterocycles. The van der Waals surface area contributed by atoms with Crippen molar-refractivity contribution in [3.63, 3.8) is 0 Å². The summed E-state index contributed by atoms with van der Waals surface area (Å²) in [4.78, 5) is 15.6. The van der Waals surface area contributed by atoms with E-state index in [4.69, 9.17) is 0 Å². The molecule has 4 nitrogen and oxygen atoms in total. The van der Waals surface area contributed by atoms with Gasteiger partial charge in [-0.1, -0.05) is 32.0 Å². The summed E-state index contributed by atoms with van der Waals surface area (Å²) in [6.45, 7) is 8.45. The predicted octanol–water partition coefficient (Wildman–Crippen LogP) is 2.93. The van der Waals surface area contributed by atoms with E-state index >= 15 is 0 Å². The first-order valence-corrected chi connectivity index (χ1v) is 7.79. The van der Waals surface area contributed by atoms with Crippen LogP contribution < -0.4 is 5.32 Å². The van der Waals surface area contributed by atoms with E-state index < -0.39 is 0 Å². The first kappa shape index (κ1) is 16.6. The number of carbonyl (C=O) groups is 1. The van der Waals surface area contributed by atoms with Crippen LogP contribution in [0.5, 0.6) is 0 Å². The Kier molecular flexibility index (Phi) is 4.91. The molecule has 1 unspecified atom stereocenters. The summed E-state index contributed by atoms with van der Waals surface area (Å²) in [5.41, 5.74) is 3.05. The Labute approximate surface area is 131 Å². The van der Waals surface area contributed by atoms with Gasteiger partial charge in [0.2, 0.25) is 5.91 Å². The van der Waals surface area contributed by atoms with E-state index in [0.717, 1.165) is 22.2 Å². The number of fused-ring (bicyclic) bond motifs is 1. The van der Waals surface area contributed by atoms with Gasteiger partial charge in [-0.25, -0.2) is 0 Å². The van der Waals surface area contributed by atoms with E-state index in [1.54, 1.807) is 6.92 Å². The summed E-state index contributed by atoms with van der Waals surface area (Å²) < 4.78 is 0. The summed E-state index contributed by atoms with van der Waals surface area (Å²) in [6.07, 6.45) is 0.683. The van der Waals surface area contributed by atoms with Crippen molar-refractivity contribution in [3.05, 3.63) is 35.5 Å². The average molecular weight is 302 g/mol. The van der Waals surface area contributed by atoms with Crippen LogP contribution >= 0.6 is 0 Å². The van der Waals surface area contributed by atoms with Crippen molar-refractivity contribution in [2.75, 3.05) is 6.54 Å². The molecule has 0 bridgehead atoms. The van der Waals surface area contributed by atoms with Crippen LogP contribution in [0.4, 0.5) is 0 Å². The highest BCUT2D eigenvalue weighted by Crippen LogP contribution is 2.23. The zero-order valence-corrected chi connectivity index (χ0v) is 13.9. The number of H-pyrrole nitrogens is 1. The molecule has 0 radical (unpaired) electrons. The number of carbonyl (C=O) groups excluding carboxylic acids is 1. The molecular weight excluding hydrogens is 276 g/mol. The number of benzene rings is 1. The van der Waals surface area contributed by atoms with Crippen molar-refractivity contribution in [3.8, 4) is 0 Å². The van der Waals surface area contributed by atoms with Crippen LogP contribution in [0.2, 0.25) is 0 Å². The lowest BCUT2D eigenvalue weighted by atomic mass is 9.87. The Morgan fingerprint density at radius 3 is 2.73 bits per heavy atom. The molecule has 1 atom stereocenters. The number of hydrogen-bond acceptors (Lipinski definition) is 2. The molecule has 0 aliphatic heterocycles. The molecule has 0 spiro atoms. The largest absolute Gasteiger partial charge is 0.393 e. The van der Waals surface area contributed by atoms with E-state index in [0.29, 0.717) is 19.4 Å². The third kappa shape index (κ3) is 4.10. The van der Waals surface area contributed by atoms with Gasteiger partial charge in [0, 0.05) is 23.1 Å². The fourth-order valence-corrected chi connectivity index (χ4v) is 3.00. The quantitative estimate of drug-likeness (QED) is 0.768. The molecular formula is C18H26N2O2. The van der Waals surface area contributed by atoms with Gasteiger partial charge >= 0.3 is 0 Å². The Bertz CT molecular complexity index is 656. The molecule has 4 heteroatoms. The number of aliphatic hydroxyl groups is 1. The number of nitrogens with one attached hydrogen (secondary N) is 2. The van der Waals surface area contributed by atoms with Crippen LogP contribution in [-0.2, 0) is 11.2 Å². The lowest BCUT2D eigenvalue weighted by Gasteiger charge is -2.26. The monoisotopic (exact) mass is 302 g/mol. The maximum atomic E-state index is 12.3. The Balaban J connectivity index is 2.01. The van der Waals surface area contributed by atoms with Crippen molar-refractivity contribution in [1.82, 2.24) is 10.3 Å². The van der Waals surface area contributed by atoms with Crippen molar-refractivity contribution < 1.29 is 9.90 Å². The molecule has 0 saturated carbocycles. The predicted molar refractivity (Wildman–Crippen MR) is 89.8 cm³/mol. The van der Waals surface area contributed by atoms with Gasteiger partial charge in [0.05, 0.1) is 12.5 Å². The molecule has 2 rings (SSSR count). The number of aryl methyl sites for hydroxylation is 1. The Hall–Kier alpha value is -1.81. The summed E-state index contributed by atoms with van der Waals surface area (Å²) in [5.74, 6) is 0.0199. The van der Waals surface area contributed by atoms with E-state index in [-0.39, 0.29) is 17.4 Å². The van der Waals surface area contributed by atoms with Crippen LogP contribution in [0.25, 0.3) is 10.9 Å². The maximum Gasteiger partial charge on any atom is 0.224 e. The minimum absolute atomic E-state index is 0.0199. The maximum absolute atomic E-state index is 12.3. The number of hydrogen-bond donors (Lipinski definition) is 3. The number of aromatic amines is 1. The fourth-order valence-electron chi connectivity index (χ4n) is 3.00. The normalized spacial score (nSPS) is 13.3. The molecule has 0 saturated heterocycles. The van der Waals surface area contributed by atoms with Gasteiger partial charge in [0.1, 0.15) is 0 Å². The molecule has 120 valence electrons. The van der Waals surface area contributed by atoms with E-state index in [1.165, 1.54) is 0 Å². The second-order valence-corrected chi connectivity index (χ2v) is 6.95. The molecule has 1 heterocycles. The van der Waals surface area contributed by atoms with Crippen LogP contribution in [0.1, 0.15) is 38.4 Å². The minimum Gasteiger partial charge on any atom is -0.393 e. The van der Waals surface area contributed by atoms with Crippen molar-refractivity contribution in [1.29, 1.82) is 0 Å². The SMILES string of the molecule is Cc1[nH]c2ccccc2c1CC(=O)NCC(C)(C)CC(C)O. The first-order chi connectivity index (χ1) is 10.3. The molecule has 0 aliphatic carbocycles. The molecule has 0 aliphatic rings. The van der Waals surface area contributed by atoms with Gasteiger partial charge in [-0.15, -0.1) is 0 Å². The standard InChI is InChI=1S/C18H26N2O2/c1-12(21)10-18(3,4)11-19-17(22)9-15-13(2)20-16-8-6-5-7-14(15)16/h5-8,12,20-21H,9-11H2,1-4H3,(H,19,22). The Morgan fingerprint density at radius 2 is 2.05 bits per heavy atom. The second kappa shape index (κ2) is 6.53. The highest BCUT2D eigenvalue weighted by molar-refractivity contribution is 5.90. The molecule has 0 fully saturated rings. The van der Waals surface area contributed by atoms with E-state index in [1.807, 2.05) is 31.2 Å². The van der Waals surface area contributed by atoms with Gasteiger partial charge in [-0.05, 0) is 37.3 Å². The van der Waals surface area contributed by atoms with E-state index in [9.17, 15) is 9.90 Å². The lowest BCUT2D eigenvalue weighted by molar-refractivity contribution is -0.121. The summed E-state index contributed by atoms with van der Waals surface area (Å²) in [7, 11) is 0. The fraction of sp³-hybridized carbons (Fsp3) is 0.500. The van der Waals surface area contributed by atoms with Crippen molar-refractivity contribution in [2.24, 2.45) is 5.41 Å².